The van der Waals surface area contributed by atoms with Gasteiger partial charge in [0.15, 0.2) is 0 Å². The molecule has 0 aromatic carbocycles. The summed E-state index contributed by atoms with van der Waals surface area (Å²) in [5, 5.41) is 15.7. The maximum Gasteiger partial charge on any atom is 0.0804 e. The number of hydrogen-bond donors (Lipinski definition) is 1. The highest BCUT2D eigenvalue weighted by molar-refractivity contribution is 8.00. The van der Waals surface area contributed by atoms with Crippen LogP contribution in [0.3, 0.4) is 0 Å². The molecule has 0 amide bonds. The summed E-state index contributed by atoms with van der Waals surface area (Å²) in [7, 11) is 0. The van der Waals surface area contributed by atoms with E-state index in [9.17, 15) is 5.11 Å². The Kier molecular flexibility index (Phi) is 4.38. The van der Waals surface area contributed by atoms with Crippen LogP contribution in [0.25, 0.3) is 0 Å². The second-order valence-corrected chi connectivity index (χ2v) is 6.91. The Balaban J connectivity index is 2.02. The number of thioether (sulfide) groups is 1. The molecular formula is C14H24N2OS. The van der Waals surface area contributed by atoms with E-state index in [0.717, 1.165) is 30.7 Å². The van der Waals surface area contributed by atoms with Gasteiger partial charge in [-0.15, -0.1) is 0 Å². The van der Waals surface area contributed by atoms with Gasteiger partial charge < -0.3 is 5.11 Å². The van der Waals surface area contributed by atoms with Crippen LogP contribution in [0.2, 0.25) is 0 Å². The predicted octanol–water partition coefficient (Wildman–Crippen LogP) is 3.04. The normalized spacial score (nSPS) is 28.2. The molecule has 1 aromatic heterocycles. The van der Waals surface area contributed by atoms with Gasteiger partial charge in [-0.3, -0.25) is 4.68 Å². The number of hydrogen-bond acceptors (Lipinski definition) is 3. The molecule has 2 rings (SSSR count). The molecule has 0 aliphatic carbocycles. The van der Waals surface area contributed by atoms with Crippen LogP contribution in [0.15, 0.2) is 12.3 Å². The zero-order valence-electron chi connectivity index (χ0n) is 11.6. The van der Waals surface area contributed by atoms with Gasteiger partial charge in [-0.25, -0.2) is 0 Å². The first-order valence-corrected chi connectivity index (χ1v) is 7.99. The highest BCUT2D eigenvalue weighted by Crippen LogP contribution is 2.36. The Bertz CT molecular complexity index is 389. The third-order valence-electron chi connectivity index (χ3n) is 3.79. The molecule has 0 radical (unpaired) electrons. The second kappa shape index (κ2) is 5.66. The first-order chi connectivity index (χ1) is 8.56. The largest absolute Gasteiger partial charge is 0.389 e. The highest BCUT2D eigenvalue weighted by atomic mass is 32.2. The van der Waals surface area contributed by atoms with Gasteiger partial charge in [0.1, 0.15) is 0 Å². The lowest BCUT2D eigenvalue weighted by atomic mass is 9.95. The average molecular weight is 268 g/mol. The summed E-state index contributed by atoms with van der Waals surface area (Å²) in [4.78, 5) is 0. The number of aromatic nitrogens is 2. The summed E-state index contributed by atoms with van der Waals surface area (Å²) in [6.45, 7) is 6.57. The molecule has 1 fully saturated rings. The molecule has 102 valence electrons. The van der Waals surface area contributed by atoms with E-state index < -0.39 is 5.60 Å². The van der Waals surface area contributed by atoms with Crippen molar-refractivity contribution in [2.45, 2.75) is 63.3 Å². The second-order valence-electron chi connectivity index (χ2n) is 5.48. The Morgan fingerprint density at radius 2 is 2.28 bits per heavy atom. The van der Waals surface area contributed by atoms with Crippen molar-refractivity contribution in [2.75, 3.05) is 5.75 Å². The van der Waals surface area contributed by atoms with E-state index in [1.807, 2.05) is 11.8 Å². The van der Waals surface area contributed by atoms with Gasteiger partial charge in [-0.2, -0.15) is 16.9 Å². The first-order valence-electron chi connectivity index (χ1n) is 6.94. The summed E-state index contributed by atoms with van der Waals surface area (Å²) in [6.07, 6.45) is 5.85. The first kappa shape index (κ1) is 13.9. The van der Waals surface area contributed by atoms with E-state index >= 15 is 0 Å². The van der Waals surface area contributed by atoms with Gasteiger partial charge in [-0.1, -0.05) is 20.8 Å². The maximum absolute atomic E-state index is 10.5. The van der Waals surface area contributed by atoms with Crippen molar-refractivity contribution in [3.63, 3.8) is 0 Å². The smallest absolute Gasteiger partial charge is 0.0804 e. The fraction of sp³-hybridized carbons (Fsp3) is 0.786. The molecule has 1 saturated heterocycles. The van der Waals surface area contributed by atoms with E-state index in [4.69, 9.17) is 0 Å². The van der Waals surface area contributed by atoms with Crippen molar-refractivity contribution in [3.05, 3.63) is 18.0 Å². The molecule has 0 spiro atoms. The molecule has 0 saturated carbocycles. The topological polar surface area (TPSA) is 38.0 Å². The summed E-state index contributed by atoms with van der Waals surface area (Å²) in [5.74, 6) is 0.839. The molecule has 2 unspecified atom stereocenters. The van der Waals surface area contributed by atoms with E-state index in [1.54, 1.807) is 0 Å². The third-order valence-corrected chi connectivity index (χ3v) is 5.23. The fourth-order valence-corrected chi connectivity index (χ4v) is 3.99. The monoisotopic (exact) mass is 268 g/mol. The van der Waals surface area contributed by atoms with E-state index in [0.29, 0.717) is 17.7 Å². The van der Waals surface area contributed by atoms with Crippen LogP contribution in [0.4, 0.5) is 0 Å². The minimum atomic E-state index is -0.544. The van der Waals surface area contributed by atoms with E-state index in [1.165, 1.54) is 0 Å². The minimum absolute atomic E-state index is 0.491. The molecular weight excluding hydrogens is 244 g/mol. The highest BCUT2D eigenvalue weighted by Gasteiger charge is 2.36. The van der Waals surface area contributed by atoms with Crippen LogP contribution in [-0.2, 0) is 6.42 Å². The van der Waals surface area contributed by atoms with Crippen molar-refractivity contribution in [2.24, 2.45) is 0 Å². The zero-order valence-corrected chi connectivity index (χ0v) is 12.4. The van der Waals surface area contributed by atoms with Gasteiger partial charge in [0.2, 0.25) is 0 Å². The Hall–Kier alpha value is -0.480. The summed E-state index contributed by atoms with van der Waals surface area (Å²) < 4.78 is 2.06. The number of rotatable bonds is 5. The SMILES string of the molecule is CCC(CC)n1ccc(CC2(O)CSC(C)C2)n1. The van der Waals surface area contributed by atoms with Crippen molar-refractivity contribution in [3.8, 4) is 0 Å². The molecule has 2 heterocycles. The average Bonchev–Trinajstić information content (AvgIpc) is 2.89. The van der Waals surface area contributed by atoms with E-state index in [2.05, 4.69) is 42.8 Å². The van der Waals surface area contributed by atoms with Gasteiger partial charge in [0, 0.05) is 23.6 Å². The molecule has 1 aliphatic rings. The quantitative estimate of drug-likeness (QED) is 0.892. The van der Waals surface area contributed by atoms with Crippen LogP contribution >= 0.6 is 11.8 Å². The molecule has 4 heteroatoms. The van der Waals surface area contributed by atoms with Crippen molar-refractivity contribution in [1.29, 1.82) is 0 Å². The van der Waals surface area contributed by atoms with Crippen LogP contribution in [0.1, 0.15) is 51.8 Å². The molecule has 18 heavy (non-hydrogen) atoms. The van der Waals surface area contributed by atoms with Crippen LogP contribution in [0.5, 0.6) is 0 Å². The van der Waals surface area contributed by atoms with Gasteiger partial charge in [-0.05, 0) is 25.3 Å². The van der Waals surface area contributed by atoms with Crippen molar-refractivity contribution >= 4 is 11.8 Å². The molecule has 1 N–H and O–H groups in total. The molecule has 0 bridgehead atoms. The van der Waals surface area contributed by atoms with Crippen molar-refractivity contribution < 1.29 is 5.11 Å². The minimum Gasteiger partial charge on any atom is -0.389 e. The van der Waals surface area contributed by atoms with Gasteiger partial charge >= 0.3 is 0 Å². The Labute approximate surface area is 114 Å². The Morgan fingerprint density at radius 3 is 2.83 bits per heavy atom. The summed E-state index contributed by atoms with van der Waals surface area (Å²) in [5.41, 5.74) is 0.482. The number of aliphatic hydroxyl groups is 1. The van der Waals surface area contributed by atoms with Crippen molar-refractivity contribution in [1.82, 2.24) is 9.78 Å². The fourth-order valence-electron chi connectivity index (χ4n) is 2.75. The zero-order chi connectivity index (χ0) is 13.2. The molecule has 1 aromatic rings. The lowest BCUT2D eigenvalue weighted by molar-refractivity contribution is 0.0630. The predicted molar refractivity (Wildman–Crippen MR) is 77.0 cm³/mol. The lowest BCUT2D eigenvalue weighted by Gasteiger charge is -2.20. The van der Waals surface area contributed by atoms with E-state index in [-0.39, 0.29) is 0 Å². The van der Waals surface area contributed by atoms with Gasteiger partial charge in [0.25, 0.3) is 0 Å². The van der Waals surface area contributed by atoms with Crippen LogP contribution < -0.4 is 0 Å². The lowest BCUT2D eigenvalue weighted by Crippen LogP contribution is -2.31. The number of nitrogens with zero attached hydrogens (tertiary/aromatic N) is 2. The van der Waals surface area contributed by atoms with Crippen LogP contribution in [-0.4, -0.2) is 31.5 Å². The third kappa shape index (κ3) is 3.09. The maximum atomic E-state index is 10.5. The standard InChI is InChI=1S/C14H24N2OS/c1-4-13(5-2)16-7-6-12(15-16)9-14(17)8-11(3)18-10-14/h6-7,11,13,17H,4-5,8-10H2,1-3H3. The molecule has 1 aliphatic heterocycles. The molecule has 2 atom stereocenters. The molecule has 3 nitrogen and oxygen atoms in total. The van der Waals surface area contributed by atoms with Gasteiger partial charge in [0.05, 0.1) is 17.3 Å². The van der Waals surface area contributed by atoms with Crippen LogP contribution in [0, 0.1) is 0 Å². The summed E-state index contributed by atoms with van der Waals surface area (Å²) >= 11 is 1.86. The summed E-state index contributed by atoms with van der Waals surface area (Å²) in [6, 6.07) is 2.55. The Morgan fingerprint density at radius 1 is 1.56 bits per heavy atom.